The van der Waals surface area contributed by atoms with E-state index in [0.29, 0.717) is 24.8 Å². The van der Waals surface area contributed by atoms with E-state index in [2.05, 4.69) is 142 Å². The monoisotopic (exact) mass is 693 g/mol. The lowest BCUT2D eigenvalue weighted by Crippen LogP contribution is -2.48. The molecule has 262 valence electrons. The Balaban J connectivity index is 1.11. The van der Waals surface area contributed by atoms with Gasteiger partial charge in [-0.1, -0.05) is 137 Å². The molecule has 0 unspecified atom stereocenters. The second-order valence-corrected chi connectivity index (χ2v) is 17.2. The Bertz CT molecular complexity index is 2670. The van der Waals surface area contributed by atoms with Crippen LogP contribution < -0.4 is 4.90 Å². The van der Waals surface area contributed by atoms with Crippen LogP contribution in [0, 0.1) is 17.8 Å². The van der Waals surface area contributed by atoms with E-state index >= 15 is 0 Å². The van der Waals surface area contributed by atoms with Gasteiger partial charge < -0.3 is 4.90 Å². The maximum Gasteiger partial charge on any atom is 0.0540 e. The van der Waals surface area contributed by atoms with E-state index in [1.54, 1.807) is 0 Å². The first kappa shape index (κ1) is 26.0. The van der Waals surface area contributed by atoms with Gasteiger partial charge in [0.25, 0.3) is 0 Å². The normalized spacial score (nSPS) is 29.2. The number of hydrogen-bond acceptors (Lipinski definition) is 1. The first-order valence-electron chi connectivity index (χ1n) is 22.5. The second kappa shape index (κ2) is 11.1. The average molecular weight is 694 g/mol. The number of para-hydroxylation sites is 1. The molecular formula is C52H49N. The maximum absolute atomic E-state index is 9.49. The summed E-state index contributed by atoms with van der Waals surface area (Å²) >= 11 is 0. The van der Waals surface area contributed by atoms with E-state index in [1.165, 1.54) is 44.5 Å². The minimum Gasteiger partial charge on any atom is -0.310 e. The lowest BCUT2D eigenvalue weighted by Gasteiger charge is -2.57. The van der Waals surface area contributed by atoms with Crippen LogP contribution in [0.25, 0.3) is 33.4 Å². The summed E-state index contributed by atoms with van der Waals surface area (Å²) in [5, 5.41) is 0. The van der Waals surface area contributed by atoms with Crippen LogP contribution in [0.5, 0.6) is 0 Å². The van der Waals surface area contributed by atoms with E-state index in [-0.39, 0.29) is 28.6 Å². The van der Waals surface area contributed by atoms with E-state index in [0.717, 1.165) is 28.2 Å². The molecule has 0 atom stereocenters. The zero-order valence-corrected chi connectivity index (χ0v) is 31.0. The Kier molecular flexibility index (Phi) is 5.43. The summed E-state index contributed by atoms with van der Waals surface area (Å²) in [5.74, 6) is -1.08. The fourth-order valence-corrected chi connectivity index (χ4v) is 11.0. The molecule has 0 saturated heterocycles. The number of anilines is 3. The van der Waals surface area contributed by atoms with Crippen molar-refractivity contribution in [1.29, 1.82) is 0 Å². The molecule has 4 saturated carbocycles. The fraction of sp³-hybridized carbons (Fsp3) is 0.308. The van der Waals surface area contributed by atoms with Crippen LogP contribution in [0.3, 0.4) is 0 Å². The van der Waals surface area contributed by atoms with Crippen LogP contribution in [0.2, 0.25) is 0 Å². The summed E-state index contributed by atoms with van der Waals surface area (Å²) in [6.45, 7) is 9.29. The highest BCUT2D eigenvalue weighted by Crippen LogP contribution is 2.61. The van der Waals surface area contributed by atoms with Crippen LogP contribution in [0.4, 0.5) is 17.1 Å². The third-order valence-corrected chi connectivity index (χ3v) is 13.4. The molecule has 4 fully saturated rings. The highest BCUT2D eigenvalue weighted by molar-refractivity contribution is 5.95. The molecule has 12 rings (SSSR count). The van der Waals surface area contributed by atoms with Crippen molar-refractivity contribution < 1.29 is 8.22 Å². The van der Waals surface area contributed by atoms with Crippen molar-refractivity contribution in [3.63, 3.8) is 0 Å². The highest BCUT2D eigenvalue weighted by atomic mass is 15.1. The van der Waals surface area contributed by atoms with E-state index in [4.69, 9.17) is 0 Å². The first-order valence-corrected chi connectivity index (χ1v) is 19.5. The molecule has 53 heavy (non-hydrogen) atoms. The highest BCUT2D eigenvalue weighted by Gasteiger charge is 2.51. The molecule has 0 spiro atoms. The zero-order valence-electron chi connectivity index (χ0n) is 37.0. The van der Waals surface area contributed by atoms with Gasteiger partial charge in [0.2, 0.25) is 0 Å². The molecule has 6 aromatic rings. The van der Waals surface area contributed by atoms with E-state index in [9.17, 15) is 8.22 Å². The van der Waals surface area contributed by atoms with Gasteiger partial charge in [-0.05, 0) is 141 Å². The van der Waals surface area contributed by atoms with Crippen molar-refractivity contribution in [3.05, 3.63) is 161 Å². The summed E-state index contributed by atoms with van der Waals surface area (Å²) in [4.78, 5) is 2.42. The Morgan fingerprint density at radius 2 is 1.02 bits per heavy atom. The fourth-order valence-electron chi connectivity index (χ4n) is 11.0. The molecule has 0 aliphatic heterocycles. The van der Waals surface area contributed by atoms with E-state index < -0.39 is 24.5 Å². The SMILES string of the molecule is [2H]C1([2H])C2CC3CC(C2)C([2H])([2H])C1(c1ccc(-c2ccccc2N(c2ccc4c(c2)C(C)(C)c2ccccc2-4)c2cccc4c2C(C)(C)c2ccccc2-4)cc1)C3([2H])[2H]. The Hall–Kier alpha value is -4.88. The van der Waals surface area contributed by atoms with Gasteiger partial charge in [0.1, 0.15) is 0 Å². The quantitative estimate of drug-likeness (QED) is 0.174. The summed E-state index contributed by atoms with van der Waals surface area (Å²) < 4.78 is 56.9. The van der Waals surface area contributed by atoms with Crippen molar-refractivity contribution in [1.82, 2.24) is 0 Å². The molecule has 6 aliphatic rings. The topological polar surface area (TPSA) is 3.24 Å². The molecule has 6 aromatic carbocycles. The summed E-state index contributed by atoms with van der Waals surface area (Å²) in [7, 11) is 0. The summed E-state index contributed by atoms with van der Waals surface area (Å²) in [6.07, 6.45) is -4.68. The molecule has 6 aliphatic carbocycles. The number of nitrogens with zero attached hydrogens (tertiary/aromatic N) is 1. The molecule has 0 amide bonds. The number of fused-ring (bicyclic) bond motifs is 6. The number of rotatable bonds is 5. The molecular weight excluding hydrogens is 639 g/mol. The first-order chi connectivity index (χ1) is 28.0. The van der Waals surface area contributed by atoms with Crippen molar-refractivity contribution in [2.75, 3.05) is 4.90 Å². The smallest absolute Gasteiger partial charge is 0.0540 e. The second-order valence-electron chi connectivity index (χ2n) is 17.2. The molecule has 0 heterocycles. The number of hydrogen-bond donors (Lipinski definition) is 0. The van der Waals surface area contributed by atoms with Gasteiger partial charge in [-0.15, -0.1) is 0 Å². The molecule has 4 bridgehead atoms. The minimum absolute atomic E-state index is 0.199. The van der Waals surface area contributed by atoms with Crippen molar-refractivity contribution in [2.24, 2.45) is 17.8 Å². The Morgan fingerprint density at radius 1 is 0.491 bits per heavy atom. The largest absolute Gasteiger partial charge is 0.310 e. The summed E-state index contributed by atoms with van der Waals surface area (Å²) in [5.41, 5.74) is 13.3. The van der Waals surface area contributed by atoms with Crippen LogP contribution in [0.1, 0.15) is 102 Å². The van der Waals surface area contributed by atoms with Crippen LogP contribution in [-0.4, -0.2) is 0 Å². The van der Waals surface area contributed by atoms with Crippen molar-refractivity contribution in [2.45, 2.75) is 82.3 Å². The Morgan fingerprint density at radius 3 is 1.70 bits per heavy atom. The molecule has 1 heteroatoms. The van der Waals surface area contributed by atoms with Gasteiger partial charge in [0.15, 0.2) is 0 Å². The molecule has 0 N–H and O–H groups in total. The van der Waals surface area contributed by atoms with Gasteiger partial charge >= 0.3 is 0 Å². The van der Waals surface area contributed by atoms with Crippen molar-refractivity contribution in [3.8, 4) is 33.4 Å². The van der Waals surface area contributed by atoms with Gasteiger partial charge in [-0.25, -0.2) is 0 Å². The van der Waals surface area contributed by atoms with Gasteiger partial charge in [-0.3, -0.25) is 0 Å². The van der Waals surface area contributed by atoms with Crippen LogP contribution >= 0.6 is 0 Å². The molecule has 0 aromatic heterocycles. The third-order valence-electron chi connectivity index (χ3n) is 13.4. The standard InChI is InChI=1S/C52H49N/c1-50(2)44-16-8-5-13-40(44)42-25-24-38(29-46(42)50)53(48-19-11-15-43-41-14-6-9-17-45(41)51(3,4)49(43)48)47-18-10-7-12-39(47)36-20-22-37(23-21-36)52-30-33-26-34(31-52)28-35(27-33)32-52/h5-25,29,33-35H,26-28,30-32H2,1-4H3/i30D2,31D2,32D2. The van der Waals surface area contributed by atoms with E-state index in [1.807, 2.05) is 24.3 Å². The van der Waals surface area contributed by atoms with Gasteiger partial charge in [-0.2, -0.15) is 0 Å². The third kappa shape index (κ3) is 4.49. The lowest BCUT2D eigenvalue weighted by molar-refractivity contribution is -0.00518. The average Bonchev–Trinajstić information content (AvgIpc) is 3.60. The predicted molar refractivity (Wildman–Crippen MR) is 222 cm³/mol. The van der Waals surface area contributed by atoms with Gasteiger partial charge in [0, 0.05) is 30.3 Å². The number of benzene rings is 6. The predicted octanol–water partition coefficient (Wildman–Crippen LogP) is 13.9. The van der Waals surface area contributed by atoms with Crippen molar-refractivity contribution >= 4 is 17.1 Å². The zero-order chi connectivity index (χ0) is 41.1. The van der Waals surface area contributed by atoms with Gasteiger partial charge in [0.05, 0.1) is 11.4 Å². The molecule has 1 nitrogen and oxygen atoms in total. The van der Waals surface area contributed by atoms with Crippen LogP contribution in [-0.2, 0) is 16.2 Å². The molecule has 0 radical (unpaired) electrons. The minimum atomic E-state index is -2.04. The lowest BCUT2D eigenvalue weighted by atomic mass is 9.48. The summed E-state index contributed by atoms with van der Waals surface area (Å²) in [6, 6.07) is 47.2. The van der Waals surface area contributed by atoms with Crippen LogP contribution in [0.15, 0.2) is 133 Å². The maximum atomic E-state index is 9.49. The Labute approximate surface area is 324 Å².